The first-order valence-electron chi connectivity index (χ1n) is 11.5. The highest BCUT2D eigenvalue weighted by molar-refractivity contribution is 7.99. The maximum absolute atomic E-state index is 12.8. The van der Waals surface area contributed by atoms with Crippen LogP contribution in [0, 0.1) is 5.92 Å². The minimum Gasteiger partial charge on any atom is -0.378 e. The molecule has 2 amide bonds. The van der Waals surface area contributed by atoms with E-state index in [0.717, 1.165) is 41.0 Å². The fraction of sp³-hybridized carbons (Fsp3) is 0.360. The van der Waals surface area contributed by atoms with Gasteiger partial charge in [0.15, 0.2) is 11.0 Å². The number of allylic oxidation sites excluding steroid dienone is 1. The summed E-state index contributed by atoms with van der Waals surface area (Å²) in [6.07, 6.45) is 4.53. The number of benzene rings is 1. The lowest BCUT2D eigenvalue weighted by Gasteiger charge is -2.18. The number of nitrogens with zero attached hydrogens (tertiary/aromatic N) is 4. The number of amides is 2. The SMILES string of the molecule is C=CCn1c(SCC(=O)Nc2sc3c(c2C(N)=O)CCC(C)C3)nnc1-c1ccc(N(C)C)cc1. The van der Waals surface area contributed by atoms with E-state index in [0.29, 0.717) is 34.0 Å². The van der Waals surface area contributed by atoms with E-state index in [1.165, 1.54) is 23.1 Å². The Hall–Kier alpha value is -3.11. The predicted octanol–water partition coefficient (Wildman–Crippen LogP) is 4.21. The molecule has 1 unspecified atom stereocenters. The maximum Gasteiger partial charge on any atom is 0.251 e. The quantitative estimate of drug-likeness (QED) is 0.330. The van der Waals surface area contributed by atoms with Gasteiger partial charge in [0, 0.05) is 36.8 Å². The molecule has 8 nitrogen and oxygen atoms in total. The van der Waals surface area contributed by atoms with Crippen LogP contribution in [0.15, 0.2) is 42.1 Å². The summed E-state index contributed by atoms with van der Waals surface area (Å²) in [6, 6.07) is 8.07. The molecule has 0 saturated heterocycles. The van der Waals surface area contributed by atoms with Gasteiger partial charge in [-0.15, -0.1) is 28.1 Å². The fourth-order valence-electron chi connectivity index (χ4n) is 4.20. The van der Waals surface area contributed by atoms with Crippen LogP contribution >= 0.6 is 23.1 Å². The molecule has 0 saturated carbocycles. The van der Waals surface area contributed by atoms with Crippen LogP contribution in [0.4, 0.5) is 10.7 Å². The zero-order valence-corrected chi connectivity index (χ0v) is 21.8. The Morgan fingerprint density at radius 1 is 1.31 bits per heavy atom. The van der Waals surface area contributed by atoms with Crippen molar-refractivity contribution in [1.29, 1.82) is 0 Å². The molecular formula is C25H30N6O2S2. The lowest BCUT2D eigenvalue weighted by atomic mass is 9.88. The van der Waals surface area contributed by atoms with Crippen LogP contribution in [0.25, 0.3) is 11.4 Å². The Bertz CT molecular complexity index is 1250. The Labute approximate surface area is 213 Å². The topological polar surface area (TPSA) is 106 Å². The average Bonchev–Trinajstić information content (AvgIpc) is 3.38. The normalized spacial score (nSPS) is 14.9. The Morgan fingerprint density at radius 2 is 2.06 bits per heavy atom. The zero-order chi connectivity index (χ0) is 25.1. The van der Waals surface area contributed by atoms with Crippen molar-refractivity contribution < 1.29 is 9.59 Å². The van der Waals surface area contributed by atoms with Gasteiger partial charge in [-0.05, 0) is 55.0 Å². The molecule has 0 radical (unpaired) electrons. The van der Waals surface area contributed by atoms with Crippen LogP contribution in [0.5, 0.6) is 0 Å². The molecule has 10 heteroatoms. The second-order valence-electron chi connectivity index (χ2n) is 8.90. The third-order valence-electron chi connectivity index (χ3n) is 6.01. The van der Waals surface area contributed by atoms with Gasteiger partial charge >= 0.3 is 0 Å². The predicted molar refractivity (Wildman–Crippen MR) is 143 cm³/mol. The molecule has 184 valence electrons. The van der Waals surface area contributed by atoms with Gasteiger partial charge in [-0.3, -0.25) is 14.2 Å². The number of carbonyl (C=O) groups excluding carboxylic acids is 2. The number of carbonyl (C=O) groups is 2. The summed E-state index contributed by atoms with van der Waals surface area (Å²) in [7, 11) is 3.99. The smallest absolute Gasteiger partial charge is 0.251 e. The second-order valence-corrected chi connectivity index (χ2v) is 11.0. The minimum absolute atomic E-state index is 0.131. The first-order chi connectivity index (χ1) is 16.8. The van der Waals surface area contributed by atoms with Gasteiger partial charge in [0.2, 0.25) is 5.91 Å². The molecule has 0 bridgehead atoms. The van der Waals surface area contributed by atoms with Crippen LogP contribution in [0.2, 0.25) is 0 Å². The number of nitrogens with one attached hydrogen (secondary N) is 1. The van der Waals surface area contributed by atoms with E-state index in [-0.39, 0.29) is 11.7 Å². The molecule has 0 fully saturated rings. The van der Waals surface area contributed by atoms with Gasteiger partial charge in [0.1, 0.15) is 5.00 Å². The number of anilines is 2. The molecule has 1 aromatic carbocycles. The molecule has 1 atom stereocenters. The van der Waals surface area contributed by atoms with Gasteiger partial charge < -0.3 is 16.0 Å². The van der Waals surface area contributed by atoms with Gasteiger partial charge in [0.25, 0.3) is 5.91 Å². The minimum atomic E-state index is -0.490. The highest BCUT2D eigenvalue weighted by Crippen LogP contribution is 2.39. The lowest BCUT2D eigenvalue weighted by molar-refractivity contribution is -0.113. The number of hydrogen-bond acceptors (Lipinski definition) is 7. The van der Waals surface area contributed by atoms with E-state index in [9.17, 15) is 9.59 Å². The summed E-state index contributed by atoms with van der Waals surface area (Å²) < 4.78 is 1.94. The Morgan fingerprint density at radius 3 is 2.71 bits per heavy atom. The standard InChI is InChI=1S/C25H30N6O2S2/c1-5-12-31-23(16-7-9-17(10-8-16)30(3)4)28-29-25(31)34-14-20(32)27-24-21(22(26)33)18-11-6-15(2)13-19(18)35-24/h5,7-10,15H,1,6,11-14H2,2-4H3,(H2,26,33)(H,27,32). The zero-order valence-electron chi connectivity index (χ0n) is 20.2. The number of primary amides is 1. The highest BCUT2D eigenvalue weighted by atomic mass is 32.2. The summed E-state index contributed by atoms with van der Waals surface area (Å²) in [5.41, 5.74) is 9.17. The van der Waals surface area contributed by atoms with Crippen molar-refractivity contribution in [3.05, 3.63) is 52.9 Å². The van der Waals surface area contributed by atoms with Crippen LogP contribution in [0.3, 0.4) is 0 Å². The number of aromatic nitrogens is 3. The lowest BCUT2D eigenvalue weighted by Crippen LogP contribution is -2.20. The van der Waals surface area contributed by atoms with E-state index in [1.807, 2.05) is 47.8 Å². The van der Waals surface area contributed by atoms with E-state index >= 15 is 0 Å². The number of hydrogen-bond donors (Lipinski definition) is 2. The summed E-state index contributed by atoms with van der Waals surface area (Å²) >= 11 is 2.77. The first kappa shape index (κ1) is 25.0. The molecule has 0 aliphatic heterocycles. The number of fused-ring (bicyclic) bond motifs is 1. The summed E-state index contributed by atoms with van der Waals surface area (Å²) in [5.74, 6) is 0.705. The Kier molecular flexibility index (Phi) is 7.61. The van der Waals surface area contributed by atoms with Crippen molar-refractivity contribution in [2.45, 2.75) is 37.9 Å². The highest BCUT2D eigenvalue weighted by Gasteiger charge is 2.27. The first-order valence-corrected chi connectivity index (χ1v) is 13.3. The molecule has 2 heterocycles. The van der Waals surface area contributed by atoms with Gasteiger partial charge in [-0.2, -0.15) is 0 Å². The molecule has 35 heavy (non-hydrogen) atoms. The number of nitrogens with two attached hydrogens (primary N) is 1. The monoisotopic (exact) mass is 510 g/mol. The van der Waals surface area contributed by atoms with Gasteiger partial charge in [0.05, 0.1) is 11.3 Å². The van der Waals surface area contributed by atoms with Crippen molar-refractivity contribution in [1.82, 2.24) is 14.8 Å². The van der Waals surface area contributed by atoms with Crippen molar-refractivity contribution in [3.8, 4) is 11.4 Å². The summed E-state index contributed by atoms with van der Waals surface area (Å²) in [5, 5.41) is 12.8. The number of thioether (sulfide) groups is 1. The molecule has 1 aliphatic rings. The molecule has 2 aromatic heterocycles. The third kappa shape index (κ3) is 5.43. The van der Waals surface area contributed by atoms with E-state index in [4.69, 9.17) is 5.73 Å². The van der Waals surface area contributed by atoms with Crippen LogP contribution in [0.1, 0.15) is 34.1 Å². The van der Waals surface area contributed by atoms with Crippen molar-refractivity contribution >= 4 is 45.6 Å². The average molecular weight is 511 g/mol. The van der Waals surface area contributed by atoms with Crippen LogP contribution in [-0.2, 0) is 24.2 Å². The Balaban J connectivity index is 1.49. The molecule has 0 spiro atoms. The van der Waals surface area contributed by atoms with Crippen LogP contribution in [-0.4, -0.2) is 46.4 Å². The van der Waals surface area contributed by atoms with Gasteiger partial charge in [-0.1, -0.05) is 24.8 Å². The number of rotatable bonds is 9. The van der Waals surface area contributed by atoms with E-state index in [2.05, 4.69) is 29.0 Å². The van der Waals surface area contributed by atoms with Crippen LogP contribution < -0.4 is 16.0 Å². The van der Waals surface area contributed by atoms with E-state index < -0.39 is 5.91 Å². The second kappa shape index (κ2) is 10.7. The van der Waals surface area contributed by atoms with E-state index in [1.54, 1.807) is 6.08 Å². The fourth-order valence-corrected chi connectivity index (χ4v) is 6.38. The largest absolute Gasteiger partial charge is 0.378 e. The third-order valence-corrected chi connectivity index (χ3v) is 8.15. The molecule has 3 N–H and O–H groups in total. The van der Waals surface area contributed by atoms with Gasteiger partial charge in [-0.25, -0.2) is 0 Å². The summed E-state index contributed by atoms with van der Waals surface area (Å²) in [4.78, 5) is 28.2. The molecule has 3 aromatic rings. The van der Waals surface area contributed by atoms with Crippen molar-refractivity contribution in [2.75, 3.05) is 30.1 Å². The van der Waals surface area contributed by atoms with Crippen molar-refractivity contribution in [3.63, 3.8) is 0 Å². The summed E-state index contributed by atoms with van der Waals surface area (Å²) in [6.45, 7) is 6.57. The molecule has 1 aliphatic carbocycles. The maximum atomic E-state index is 12.8. The molecule has 4 rings (SSSR count). The van der Waals surface area contributed by atoms with Crippen molar-refractivity contribution in [2.24, 2.45) is 11.7 Å². The molecular weight excluding hydrogens is 480 g/mol. The number of thiophene rings is 1.